The zero-order chi connectivity index (χ0) is 14.5. The van der Waals surface area contributed by atoms with Crippen molar-refractivity contribution < 1.29 is 0 Å². The molecule has 1 aliphatic rings. The lowest BCUT2D eigenvalue weighted by atomic mass is 9.93. The largest absolute Gasteiger partial charge is 0.313 e. The maximum Gasteiger partial charge on any atom is 0.0409 e. The van der Waals surface area contributed by atoms with Crippen molar-refractivity contribution in [2.24, 2.45) is 5.92 Å². The molecule has 1 N–H and O–H groups in total. The number of nitrogens with zero attached hydrogens (tertiary/aromatic N) is 1. The summed E-state index contributed by atoms with van der Waals surface area (Å²) in [6, 6.07) is 9.31. The number of nitrogens with one attached hydrogen (secondary N) is 1. The molecule has 1 aliphatic heterocycles. The molecule has 0 bridgehead atoms. The summed E-state index contributed by atoms with van der Waals surface area (Å²) in [5.41, 5.74) is 1.29. The van der Waals surface area contributed by atoms with E-state index in [1.165, 1.54) is 24.9 Å². The van der Waals surface area contributed by atoms with Gasteiger partial charge in [-0.25, -0.2) is 0 Å². The third kappa shape index (κ3) is 4.21. The van der Waals surface area contributed by atoms with Gasteiger partial charge >= 0.3 is 0 Å². The Morgan fingerprint density at radius 1 is 1.40 bits per heavy atom. The van der Waals surface area contributed by atoms with E-state index in [1.54, 1.807) is 0 Å². The van der Waals surface area contributed by atoms with Crippen molar-refractivity contribution in [3.8, 4) is 0 Å². The highest BCUT2D eigenvalue weighted by atomic mass is 35.5. The molecule has 3 atom stereocenters. The van der Waals surface area contributed by atoms with Crippen molar-refractivity contribution in [1.82, 2.24) is 10.2 Å². The van der Waals surface area contributed by atoms with Gasteiger partial charge in [-0.05, 0) is 63.4 Å². The van der Waals surface area contributed by atoms with E-state index in [0.717, 1.165) is 29.9 Å². The minimum atomic E-state index is 0.389. The highest BCUT2D eigenvalue weighted by molar-refractivity contribution is 6.30. The topological polar surface area (TPSA) is 15.3 Å². The highest BCUT2D eigenvalue weighted by Crippen LogP contribution is 2.25. The smallest absolute Gasteiger partial charge is 0.0409 e. The fourth-order valence-corrected chi connectivity index (χ4v) is 3.48. The fourth-order valence-electron chi connectivity index (χ4n) is 3.28. The molecule has 1 aromatic carbocycles. The minimum Gasteiger partial charge on any atom is -0.313 e. The lowest BCUT2D eigenvalue weighted by Gasteiger charge is -2.37. The first-order chi connectivity index (χ1) is 9.60. The monoisotopic (exact) mass is 294 g/mol. The number of piperidine rings is 1. The first kappa shape index (κ1) is 15.8. The lowest BCUT2D eigenvalue weighted by molar-refractivity contribution is 0.124. The molecule has 0 aliphatic carbocycles. The molecule has 3 heteroatoms. The second-order valence-electron chi connectivity index (χ2n) is 6.20. The average Bonchev–Trinajstić information content (AvgIpc) is 2.41. The van der Waals surface area contributed by atoms with Gasteiger partial charge in [0, 0.05) is 23.7 Å². The summed E-state index contributed by atoms with van der Waals surface area (Å²) in [6.07, 6.45) is 3.81. The molecular weight excluding hydrogens is 268 g/mol. The maximum atomic E-state index is 6.10. The number of hydrogen-bond acceptors (Lipinski definition) is 2. The Kier molecular flexibility index (Phi) is 5.88. The van der Waals surface area contributed by atoms with E-state index in [4.69, 9.17) is 11.6 Å². The van der Waals surface area contributed by atoms with Gasteiger partial charge in [-0.15, -0.1) is 0 Å². The molecule has 0 spiro atoms. The molecule has 2 nitrogen and oxygen atoms in total. The average molecular weight is 295 g/mol. The Bertz CT molecular complexity index is 421. The first-order valence-corrected chi connectivity index (χ1v) is 8.14. The van der Waals surface area contributed by atoms with Crippen LogP contribution in [-0.4, -0.2) is 31.1 Å². The fraction of sp³-hybridized carbons (Fsp3) is 0.647. The van der Waals surface area contributed by atoms with E-state index in [1.807, 2.05) is 19.2 Å². The van der Waals surface area contributed by atoms with Crippen LogP contribution in [0.5, 0.6) is 0 Å². The zero-order valence-corrected chi connectivity index (χ0v) is 13.7. The number of benzene rings is 1. The maximum absolute atomic E-state index is 6.10. The summed E-state index contributed by atoms with van der Waals surface area (Å²) < 4.78 is 0. The molecule has 20 heavy (non-hydrogen) atoms. The Hall–Kier alpha value is -0.570. The lowest BCUT2D eigenvalue weighted by Crippen LogP contribution is -2.41. The summed E-state index contributed by atoms with van der Waals surface area (Å²) in [5.74, 6) is 0.884. The van der Waals surface area contributed by atoms with Gasteiger partial charge in [0.15, 0.2) is 0 Å². The van der Waals surface area contributed by atoms with E-state index >= 15 is 0 Å². The quantitative estimate of drug-likeness (QED) is 0.879. The second kappa shape index (κ2) is 7.44. The van der Waals surface area contributed by atoms with Gasteiger partial charge in [0.1, 0.15) is 0 Å². The van der Waals surface area contributed by atoms with Gasteiger partial charge in [-0.2, -0.15) is 0 Å². The second-order valence-corrected chi connectivity index (χ2v) is 6.64. The molecule has 112 valence electrons. The number of halogens is 1. The van der Waals surface area contributed by atoms with Crippen molar-refractivity contribution in [2.75, 3.05) is 20.1 Å². The van der Waals surface area contributed by atoms with Crippen molar-refractivity contribution in [3.63, 3.8) is 0 Å². The van der Waals surface area contributed by atoms with Crippen LogP contribution in [-0.2, 0) is 0 Å². The normalized spacial score (nSPS) is 25.6. The standard InChI is InChI=1S/C17H27ClN2/c1-13-7-9-20(14(2)11-13)10-8-17(19-3)15-5-4-6-16(18)12-15/h4-6,12-14,17,19H,7-11H2,1-3H3. The predicted octanol–water partition coefficient (Wildman–Crippen LogP) is 4.11. The van der Waals surface area contributed by atoms with E-state index in [-0.39, 0.29) is 0 Å². The van der Waals surface area contributed by atoms with Crippen LogP contribution in [0.1, 0.15) is 44.7 Å². The molecule has 0 radical (unpaired) electrons. The number of rotatable bonds is 5. The Morgan fingerprint density at radius 2 is 2.20 bits per heavy atom. The zero-order valence-electron chi connectivity index (χ0n) is 12.9. The molecule has 3 unspecified atom stereocenters. The van der Waals surface area contributed by atoms with Gasteiger partial charge in [0.05, 0.1) is 0 Å². The van der Waals surface area contributed by atoms with E-state index in [0.29, 0.717) is 6.04 Å². The minimum absolute atomic E-state index is 0.389. The van der Waals surface area contributed by atoms with Crippen molar-refractivity contribution in [3.05, 3.63) is 34.9 Å². The van der Waals surface area contributed by atoms with Gasteiger partial charge in [-0.3, -0.25) is 0 Å². The van der Waals surface area contributed by atoms with Crippen molar-refractivity contribution >= 4 is 11.6 Å². The molecule has 0 amide bonds. The molecule has 1 heterocycles. The number of likely N-dealkylation sites (tertiary alicyclic amines) is 1. The van der Waals surface area contributed by atoms with Crippen LogP contribution < -0.4 is 5.32 Å². The molecule has 1 fully saturated rings. The van der Waals surface area contributed by atoms with Crippen LogP contribution >= 0.6 is 11.6 Å². The van der Waals surface area contributed by atoms with Crippen LogP contribution in [0.25, 0.3) is 0 Å². The molecule has 0 aromatic heterocycles. The summed E-state index contributed by atoms with van der Waals surface area (Å²) >= 11 is 6.10. The summed E-state index contributed by atoms with van der Waals surface area (Å²) in [4.78, 5) is 2.63. The molecule has 1 aromatic rings. The molecule has 1 saturated heterocycles. The third-order valence-electron chi connectivity index (χ3n) is 4.58. The third-order valence-corrected chi connectivity index (χ3v) is 4.82. The Labute approximate surface area is 128 Å². The highest BCUT2D eigenvalue weighted by Gasteiger charge is 2.23. The van der Waals surface area contributed by atoms with E-state index < -0.39 is 0 Å². The van der Waals surface area contributed by atoms with Gasteiger partial charge in [0.2, 0.25) is 0 Å². The van der Waals surface area contributed by atoms with Crippen LogP contribution in [0.2, 0.25) is 5.02 Å². The SMILES string of the molecule is CNC(CCN1CCC(C)CC1C)c1cccc(Cl)c1. The van der Waals surface area contributed by atoms with Crippen LogP contribution in [0.15, 0.2) is 24.3 Å². The predicted molar refractivity (Wildman–Crippen MR) is 87.3 cm³/mol. The van der Waals surface area contributed by atoms with Crippen LogP contribution in [0, 0.1) is 5.92 Å². The van der Waals surface area contributed by atoms with Crippen LogP contribution in [0.3, 0.4) is 0 Å². The van der Waals surface area contributed by atoms with Crippen molar-refractivity contribution in [2.45, 2.75) is 45.2 Å². The van der Waals surface area contributed by atoms with Crippen LogP contribution in [0.4, 0.5) is 0 Å². The van der Waals surface area contributed by atoms with Gasteiger partial charge < -0.3 is 10.2 Å². The Morgan fingerprint density at radius 3 is 2.85 bits per heavy atom. The van der Waals surface area contributed by atoms with Gasteiger partial charge in [0.25, 0.3) is 0 Å². The molecule has 0 saturated carbocycles. The van der Waals surface area contributed by atoms with Crippen molar-refractivity contribution in [1.29, 1.82) is 0 Å². The Balaban J connectivity index is 1.91. The first-order valence-electron chi connectivity index (χ1n) is 7.77. The molecule has 2 rings (SSSR count). The van der Waals surface area contributed by atoms with Gasteiger partial charge in [-0.1, -0.05) is 30.7 Å². The van der Waals surface area contributed by atoms with E-state index in [9.17, 15) is 0 Å². The number of hydrogen-bond donors (Lipinski definition) is 1. The summed E-state index contributed by atoms with van der Waals surface area (Å²) in [7, 11) is 2.03. The summed E-state index contributed by atoms with van der Waals surface area (Å²) in [6.45, 7) is 7.14. The summed E-state index contributed by atoms with van der Waals surface area (Å²) in [5, 5.41) is 4.25. The molecular formula is C17H27ClN2. The van der Waals surface area contributed by atoms with E-state index in [2.05, 4.69) is 36.2 Å².